The van der Waals surface area contributed by atoms with E-state index >= 15 is 0 Å². The van der Waals surface area contributed by atoms with Crippen molar-refractivity contribution in [3.63, 3.8) is 0 Å². The Hall–Kier alpha value is -1.92. The van der Waals surface area contributed by atoms with Gasteiger partial charge in [0.1, 0.15) is 0 Å². The van der Waals surface area contributed by atoms with Crippen LogP contribution in [-0.2, 0) is 14.3 Å². The van der Waals surface area contributed by atoms with E-state index in [2.05, 4.69) is 43.5 Å². The Kier molecular flexibility index (Phi) is 52.1. The molecular weight excluding hydrogens is 791 g/mol. The largest absolute Gasteiger partial charge is 0.466 e. The molecule has 376 valence electrons. The topological polar surface area (TPSA) is 95.9 Å². The number of nitrogens with one attached hydrogen (secondary N) is 1. The highest BCUT2D eigenvalue weighted by Crippen LogP contribution is 2.17. The quantitative estimate of drug-likeness (QED) is 0.0321. The van der Waals surface area contributed by atoms with Gasteiger partial charge in [0.05, 0.1) is 25.4 Å². The predicted molar refractivity (Wildman–Crippen MR) is 278 cm³/mol. The molecular formula is C58H109NO5. The monoisotopic (exact) mass is 900 g/mol. The Balaban J connectivity index is 3.40. The Morgan fingerprint density at radius 3 is 1.22 bits per heavy atom. The number of esters is 1. The Bertz CT molecular complexity index is 1040. The van der Waals surface area contributed by atoms with Gasteiger partial charge in [-0.2, -0.15) is 0 Å². The van der Waals surface area contributed by atoms with Crippen LogP contribution in [0.15, 0.2) is 36.5 Å². The number of hydrogen-bond donors (Lipinski definition) is 3. The van der Waals surface area contributed by atoms with Gasteiger partial charge in [0, 0.05) is 12.8 Å². The summed E-state index contributed by atoms with van der Waals surface area (Å²) in [7, 11) is 0. The van der Waals surface area contributed by atoms with Gasteiger partial charge < -0.3 is 20.3 Å². The van der Waals surface area contributed by atoms with Crippen LogP contribution < -0.4 is 5.32 Å². The molecule has 0 aromatic carbocycles. The number of hydrogen-bond acceptors (Lipinski definition) is 5. The van der Waals surface area contributed by atoms with E-state index in [0.29, 0.717) is 19.4 Å². The maximum atomic E-state index is 12.4. The molecule has 0 aliphatic heterocycles. The third kappa shape index (κ3) is 49.5. The Morgan fingerprint density at radius 1 is 0.438 bits per heavy atom. The standard InChI is InChI=1S/C58H109NO5/c1-3-5-7-9-11-13-15-16-24-28-32-36-40-44-48-52-58(63)64-53-49-45-41-37-33-29-26-23-21-19-17-18-20-22-25-27-31-35-39-43-47-51-57(62)59-55(54-60)56(61)50-46-42-38-34-30-14-12-10-8-6-4-2/h11,13,16,24,46,50,55-56,60-61H,3-10,12,14-15,17-23,25-45,47-49,51-54H2,1-2H3,(H,59,62)/b13-11-,24-16-,50-46+. The molecule has 0 saturated carbocycles. The molecule has 0 aromatic rings. The lowest BCUT2D eigenvalue weighted by Crippen LogP contribution is -2.45. The molecule has 6 nitrogen and oxygen atoms in total. The maximum Gasteiger partial charge on any atom is 0.305 e. The lowest BCUT2D eigenvalue weighted by atomic mass is 10.0. The summed E-state index contributed by atoms with van der Waals surface area (Å²) in [5, 5.41) is 23.0. The van der Waals surface area contributed by atoms with E-state index < -0.39 is 12.1 Å². The van der Waals surface area contributed by atoms with Crippen molar-refractivity contribution in [3.8, 4) is 0 Å². The number of amides is 1. The molecule has 64 heavy (non-hydrogen) atoms. The SMILES string of the molecule is CCCCC/C=C\C/C=C\CCCCCCCC(=O)OCCCCCCCCCCCCCCCCCCCCCCCC(=O)NC(CO)C(O)/C=C/CCCCCCCCCCC. The van der Waals surface area contributed by atoms with Crippen molar-refractivity contribution in [1.29, 1.82) is 0 Å². The normalized spacial score (nSPS) is 12.9. The van der Waals surface area contributed by atoms with Crippen molar-refractivity contribution >= 4 is 11.9 Å². The summed E-state index contributed by atoms with van der Waals surface area (Å²) in [6.07, 6.45) is 65.9. The second-order valence-electron chi connectivity index (χ2n) is 19.3. The van der Waals surface area contributed by atoms with E-state index in [-0.39, 0.29) is 18.5 Å². The predicted octanol–water partition coefficient (Wildman–Crippen LogP) is 17.2. The molecule has 3 N–H and O–H groups in total. The number of carbonyl (C=O) groups excluding carboxylic acids is 2. The van der Waals surface area contributed by atoms with Crippen LogP contribution in [0.1, 0.15) is 296 Å². The molecule has 1 amide bonds. The van der Waals surface area contributed by atoms with Crippen LogP contribution in [0.5, 0.6) is 0 Å². The van der Waals surface area contributed by atoms with Gasteiger partial charge in [0.25, 0.3) is 0 Å². The fraction of sp³-hybridized carbons (Fsp3) is 0.862. The summed E-state index contributed by atoms with van der Waals surface area (Å²) in [4.78, 5) is 24.4. The number of carbonyl (C=O) groups is 2. The van der Waals surface area contributed by atoms with E-state index in [9.17, 15) is 19.8 Å². The van der Waals surface area contributed by atoms with Crippen LogP contribution in [0, 0.1) is 0 Å². The number of aliphatic hydroxyl groups is 2. The van der Waals surface area contributed by atoms with Crippen molar-refractivity contribution in [2.75, 3.05) is 13.2 Å². The van der Waals surface area contributed by atoms with Crippen LogP contribution in [0.3, 0.4) is 0 Å². The van der Waals surface area contributed by atoms with Crippen LogP contribution in [0.4, 0.5) is 0 Å². The van der Waals surface area contributed by atoms with Crippen molar-refractivity contribution in [2.45, 2.75) is 309 Å². The molecule has 0 rings (SSSR count). The number of aliphatic hydroxyl groups excluding tert-OH is 2. The molecule has 0 aliphatic rings. The molecule has 2 atom stereocenters. The number of ether oxygens (including phenoxy) is 1. The van der Waals surface area contributed by atoms with Gasteiger partial charge in [-0.05, 0) is 64.2 Å². The second-order valence-corrected chi connectivity index (χ2v) is 19.3. The minimum absolute atomic E-state index is 0.00308. The average Bonchev–Trinajstić information content (AvgIpc) is 3.29. The molecule has 0 spiro atoms. The van der Waals surface area contributed by atoms with Gasteiger partial charge in [0.2, 0.25) is 5.91 Å². The van der Waals surface area contributed by atoms with E-state index in [1.165, 1.54) is 218 Å². The van der Waals surface area contributed by atoms with Gasteiger partial charge in [-0.3, -0.25) is 9.59 Å². The van der Waals surface area contributed by atoms with Crippen LogP contribution in [0.2, 0.25) is 0 Å². The first kappa shape index (κ1) is 62.1. The summed E-state index contributed by atoms with van der Waals surface area (Å²) in [5.74, 6) is -0.0736. The molecule has 0 saturated heterocycles. The third-order valence-electron chi connectivity index (χ3n) is 12.9. The smallest absolute Gasteiger partial charge is 0.305 e. The number of allylic oxidation sites excluding steroid dienone is 5. The van der Waals surface area contributed by atoms with Crippen LogP contribution in [0.25, 0.3) is 0 Å². The lowest BCUT2D eigenvalue weighted by Gasteiger charge is -2.20. The summed E-state index contributed by atoms with van der Waals surface area (Å²) < 4.78 is 5.47. The van der Waals surface area contributed by atoms with Crippen molar-refractivity contribution < 1.29 is 24.5 Å². The number of unbranched alkanes of at least 4 members (excludes halogenated alkanes) is 37. The Morgan fingerprint density at radius 2 is 0.781 bits per heavy atom. The van der Waals surface area contributed by atoms with E-state index in [4.69, 9.17) is 4.74 Å². The van der Waals surface area contributed by atoms with Crippen LogP contribution in [-0.4, -0.2) is 47.4 Å². The zero-order valence-electron chi connectivity index (χ0n) is 42.8. The van der Waals surface area contributed by atoms with Crippen LogP contribution >= 0.6 is 0 Å². The summed E-state index contributed by atoms with van der Waals surface area (Å²) in [5.41, 5.74) is 0. The van der Waals surface area contributed by atoms with Gasteiger partial charge in [-0.1, -0.05) is 256 Å². The fourth-order valence-corrected chi connectivity index (χ4v) is 8.55. The molecule has 0 fully saturated rings. The Labute approximate surface area is 398 Å². The van der Waals surface area contributed by atoms with Gasteiger partial charge in [0.15, 0.2) is 0 Å². The molecule has 0 aromatic heterocycles. The zero-order valence-corrected chi connectivity index (χ0v) is 42.8. The molecule has 6 heteroatoms. The molecule has 0 bridgehead atoms. The molecule has 0 aliphatic carbocycles. The first-order valence-electron chi connectivity index (χ1n) is 28.3. The molecule has 0 heterocycles. The summed E-state index contributed by atoms with van der Waals surface area (Å²) >= 11 is 0. The highest BCUT2D eigenvalue weighted by molar-refractivity contribution is 5.76. The van der Waals surface area contributed by atoms with Gasteiger partial charge in [-0.15, -0.1) is 0 Å². The van der Waals surface area contributed by atoms with Crippen molar-refractivity contribution in [3.05, 3.63) is 36.5 Å². The number of rotatable bonds is 52. The molecule has 2 unspecified atom stereocenters. The summed E-state index contributed by atoms with van der Waals surface area (Å²) in [6, 6.07) is -0.627. The lowest BCUT2D eigenvalue weighted by molar-refractivity contribution is -0.143. The van der Waals surface area contributed by atoms with Crippen molar-refractivity contribution in [2.24, 2.45) is 0 Å². The maximum absolute atomic E-state index is 12.4. The van der Waals surface area contributed by atoms with Gasteiger partial charge >= 0.3 is 5.97 Å². The zero-order chi connectivity index (χ0) is 46.5. The first-order valence-corrected chi connectivity index (χ1v) is 28.3. The third-order valence-corrected chi connectivity index (χ3v) is 12.9. The van der Waals surface area contributed by atoms with Gasteiger partial charge in [-0.25, -0.2) is 0 Å². The molecule has 0 radical (unpaired) electrons. The highest BCUT2D eigenvalue weighted by Gasteiger charge is 2.18. The van der Waals surface area contributed by atoms with E-state index in [1.807, 2.05) is 6.08 Å². The summed E-state index contributed by atoms with van der Waals surface area (Å²) in [6.45, 7) is 4.86. The highest BCUT2D eigenvalue weighted by atomic mass is 16.5. The minimum Gasteiger partial charge on any atom is -0.466 e. The minimum atomic E-state index is -0.844. The second kappa shape index (κ2) is 53.7. The average molecular weight is 901 g/mol. The first-order chi connectivity index (χ1) is 31.5. The van der Waals surface area contributed by atoms with Crippen molar-refractivity contribution in [1.82, 2.24) is 5.32 Å². The van der Waals surface area contributed by atoms with E-state index in [0.717, 1.165) is 51.4 Å². The van der Waals surface area contributed by atoms with E-state index in [1.54, 1.807) is 6.08 Å². The fourth-order valence-electron chi connectivity index (χ4n) is 8.55.